The Bertz CT molecular complexity index is 325. The molecular weight excluding hydrogens is 341 g/mol. The van der Waals surface area contributed by atoms with Crippen LogP contribution in [0.5, 0.6) is 0 Å². The molecule has 0 saturated heterocycles. The molecule has 0 radical (unpaired) electrons. The average molecular weight is 352 g/mol. The van der Waals surface area contributed by atoms with Gasteiger partial charge in [0.05, 0.1) is 5.69 Å². The van der Waals surface area contributed by atoms with E-state index < -0.39 is 0 Å². The first-order chi connectivity index (χ1) is 6.27. The molecule has 13 heavy (non-hydrogen) atoms. The van der Waals surface area contributed by atoms with Crippen molar-refractivity contribution in [2.45, 2.75) is 19.3 Å². The predicted octanol–water partition coefficient (Wildman–Crippen LogP) is 3.80. The van der Waals surface area contributed by atoms with Crippen LogP contribution in [0.3, 0.4) is 0 Å². The lowest BCUT2D eigenvalue weighted by atomic mass is 10.1. The molecule has 2 rings (SSSR count). The van der Waals surface area contributed by atoms with Gasteiger partial charge in [-0.15, -0.1) is 0 Å². The number of halogens is 2. The summed E-state index contributed by atoms with van der Waals surface area (Å²) in [6.07, 6.45) is 3.78. The average Bonchev–Trinajstić information content (AvgIpc) is 2.28. The van der Waals surface area contributed by atoms with E-state index in [1.165, 1.54) is 38.6 Å². The Kier molecular flexibility index (Phi) is 3.14. The lowest BCUT2D eigenvalue weighted by molar-refractivity contribution is 0.785. The van der Waals surface area contributed by atoms with Gasteiger partial charge < -0.3 is 5.32 Å². The Hall–Kier alpha value is 0.230. The normalized spacial score (nSPS) is 15.8. The Labute approximate surface area is 101 Å². The third-order valence-corrected chi connectivity index (χ3v) is 3.62. The van der Waals surface area contributed by atoms with Gasteiger partial charge in [-0.25, -0.2) is 0 Å². The fourth-order valence-electron chi connectivity index (χ4n) is 1.68. The molecule has 1 nitrogen and oxygen atoms in total. The van der Waals surface area contributed by atoms with E-state index in [0.29, 0.717) is 0 Å². The van der Waals surface area contributed by atoms with Crippen LogP contribution < -0.4 is 5.32 Å². The van der Waals surface area contributed by atoms with E-state index in [4.69, 9.17) is 0 Å². The highest BCUT2D eigenvalue weighted by Gasteiger charge is 2.10. The summed E-state index contributed by atoms with van der Waals surface area (Å²) in [7, 11) is 0. The molecule has 0 aliphatic carbocycles. The molecule has 0 amide bonds. The summed E-state index contributed by atoms with van der Waals surface area (Å²) >= 11 is 5.93. The highest BCUT2D eigenvalue weighted by atomic mass is 127. The van der Waals surface area contributed by atoms with Gasteiger partial charge in [-0.2, -0.15) is 0 Å². The number of nitrogens with one attached hydrogen (secondary N) is 1. The summed E-state index contributed by atoms with van der Waals surface area (Å²) < 4.78 is 2.52. The first kappa shape index (κ1) is 9.77. The second-order valence-electron chi connectivity index (χ2n) is 3.31. The van der Waals surface area contributed by atoms with Crippen LogP contribution >= 0.6 is 38.5 Å². The molecule has 0 spiro atoms. The molecule has 0 aromatic heterocycles. The third-order valence-electron chi connectivity index (χ3n) is 2.31. The van der Waals surface area contributed by atoms with Gasteiger partial charge in [0.2, 0.25) is 0 Å². The highest BCUT2D eigenvalue weighted by molar-refractivity contribution is 14.1. The molecule has 1 aliphatic heterocycles. The zero-order valence-electron chi connectivity index (χ0n) is 7.24. The van der Waals surface area contributed by atoms with Crippen LogP contribution in [0.15, 0.2) is 16.6 Å². The molecule has 0 saturated carbocycles. The fraction of sp³-hybridized carbons (Fsp3) is 0.400. The van der Waals surface area contributed by atoms with E-state index in [1.54, 1.807) is 0 Å². The number of anilines is 1. The van der Waals surface area contributed by atoms with Crippen molar-refractivity contribution < 1.29 is 0 Å². The van der Waals surface area contributed by atoms with Gasteiger partial charge in [0.25, 0.3) is 0 Å². The largest absolute Gasteiger partial charge is 0.384 e. The molecule has 1 aromatic rings. The van der Waals surface area contributed by atoms with Crippen molar-refractivity contribution in [2.75, 3.05) is 11.9 Å². The van der Waals surface area contributed by atoms with E-state index in [9.17, 15) is 0 Å². The van der Waals surface area contributed by atoms with Crippen molar-refractivity contribution in [3.05, 3.63) is 25.7 Å². The summed E-state index contributed by atoms with van der Waals surface area (Å²) in [4.78, 5) is 0. The SMILES string of the molecule is Brc1cc(I)c2c(c1)CCCCN2. The van der Waals surface area contributed by atoms with Gasteiger partial charge >= 0.3 is 0 Å². The maximum atomic E-state index is 3.53. The first-order valence-corrected chi connectivity index (χ1v) is 6.36. The van der Waals surface area contributed by atoms with Crippen LogP contribution in [0.2, 0.25) is 0 Å². The zero-order valence-corrected chi connectivity index (χ0v) is 11.0. The molecule has 0 unspecified atom stereocenters. The first-order valence-electron chi connectivity index (χ1n) is 4.49. The molecule has 0 bridgehead atoms. The van der Waals surface area contributed by atoms with Gasteiger partial charge in [-0.1, -0.05) is 15.9 Å². The Balaban J connectivity index is 2.47. The Morgan fingerprint density at radius 2 is 2.15 bits per heavy atom. The van der Waals surface area contributed by atoms with Crippen molar-refractivity contribution >= 4 is 44.2 Å². The van der Waals surface area contributed by atoms with Crippen LogP contribution in [0.25, 0.3) is 0 Å². The standard InChI is InChI=1S/C10H11BrIN/c11-8-5-7-3-1-2-4-13-10(7)9(12)6-8/h5-6,13H,1-4H2. The van der Waals surface area contributed by atoms with Crippen LogP contribution in [-0.4, -0.2) is 6.54 Å². The van der Waals surface area contributed by atoms with Crippen molar-refractivity contribution in [3.63, 3.8) is 0 Å². The predicted molar refractivity (Wildman–Crippen MR) is 68.3 cm³/mol. The van der Waals surface area contributed by atoms with Crippen molar-refractivity contribution in [1.29, 1.82) is 0 Å². The number of aryl methyl sites for hydroxylation is 1. The minimum Gasteiger partial charge on any atom is -0.384 e. The monoisotopic (exact) mass is 351 g/mol. The Morgan fingerprint density at radius 1 is 1.31 bits per heavy atom. The van der Waals surface area contributed by atoms with Gasteiger partial charge in [0, 0.05) is 14.6 Å². The van der Waals surface area contributed by atoms with Crippen LogP contribution in [-0.2, 0) is 6.42 Å². The lowest BCUT2D eigenvalue weighted by Crippen LogP contribution is -2.01. The molecule has 1 aliphatic rings. The van der Waals surface area contributed by atoms with Crippen molar-refractivity contribution in [1.82, 2.24) is 0 Å². The fourth-order valence-corrected chi connectivity index (χ4v) is 3.48. The summed E-state index contributed by atoms with van der Waals surface area (Å²) in [6.45, 7) is 1.12. The van der Waals surface area contributed by atoms with E-state index in [0.717, 1.165) is 6.54 Å². The summed E-state index contributed by atoms with van der Waals surface area (Å²) in [6, 6.07) is 4.40. The topological polar surface area (TPSA) is 12.0 Å². The van der Waals surface area contributed by atoms with Crippen LogP contribution in [0.4, 0.5) is 5.69 Å². The highest BCUT2D eigenvalue weighted by Crippen LogP contribution is 2.30. The molecular formula is C10H11BrIN. The lowest BCUT2D eigenvalue weighted by Gasteiger charge is -2.10. The molecule has 1 aromatic carbocycles. The second kappa shape index (κ2) is 4.17. The molecule has 70 valence electrons. The van der Waals surface area contributed by atoms with E-state index >= 15 is 0 Å². The molecule has 1 N–H and O–H groups in total. The van der Waals surface area contributed by atoms with Crippen molar-refractivity contribution in [3.8, 4) is 0 Å². The minimum absolute atomic E-state index is 1.12. The smallest absolute Gasteiger partial charge is 0.0509 e. The molecule has 1 heterocycles. The number of benzene rings is 1. The van der Waals surface area contributed by atoms with Gasteiger partial charge in [0.1, 0.15) is 0 Å². The van der Waals surface area contributed by atoms with Crippen LogP contribution in [0.1, 0.15) is 18.4 Å². The van der Waals surface area contributed by atoms with Gasteiger partial charge in [-0.3, -0.25) is 0 Å². The quantitative estimate of drug-likeness (QED) is 0.701. The molecule has 3 heteroatoms. The van der Waals surface area contributed by atoms with Gasteiger partial charge in [-0.05, 0) is 59.5 Å². The summed E-state index contributed by atoms with van der Waals surface area (Å²) in [5, 5.41) is 3.49. The number of rotatable bonds is 0. The molecule has 0 fully saturated rings. The molecule has 0 atom stereocenters. The second-order valence-corrected chi connectivity index (χ2v) is 5.38. The van der Waals surface area contributed by atoms with E-state index in [2.05, 4.69) is 56.0 Å². The van der Waals surface area contributed by atoms with Crippen molar-refractivity contribution in [2.24, 2.45) is 0 Å². The summed E-state index contributed by atoms with van der Waals surface area (Å²) in [5.41, 5.74) is 2.80. The maximum Gasteiger partial charge on any atom is 0.0509 e. The summed E-state index contributed by atoms with van der Waals surface area (Å²) in [5.74, 6) is 0. The maximum absolute atomic E-state index is 3.53. The Morgan fingerprint density at radius 3 is 3.00 bits per heavy atom. The number of fused-ring (bicyclic) bond motifs is 1. The van der Waals surface area contributed by atoms with Gasteiger partial charge in [0.15, 0.2) is 0 Å². The van der Waals surface area contributed by atoms with E-state index in [-0.39, 0.29) is 0 Å². The number of hydrogen-bond donors (Lipinski definition) is 1. The minimum atomic E-state index is 1.12. The zero-order chi connectivity index (χ0) is 9.26. The van der Waals surface area contributed by atoms with Crippen LogP contribution in [0, 0.1) is 3.57 Å². The third kappa shape index (κ3) is 2.18. The van der Waals surface area contributed by atoms with E-state index in [1.807, 2.05) is 0 Å². The number of hydrogen-bond acceptors (Lipinski definition) is 1.